The molecule has 5 nitrogen and oxygen atoms in total. The van der Waals surface area contributed by atoms with Crippen LogP contribution >= 0.6 is 0 Å². The molecule has 3 aromatic rings. The van der Waals surface area contributed by atoms with Gasteiger partial charge in [-0.15, -0.1) is 0 Å². The monoisotopic (exact) mass is 444 g/mol. The van der Waals surface area contributed by atoms with Crippen LogP contribution in [0.15, 0.2) is 54.9 Å². The van der Waals surface area contributed by atoms with Gasteiger partial charge in [-0.25, -0.2) is 0 Å². The molecule has 4 rings (SSSR count). The lowest BCUT2D eigenvalue weighted by molar-refractivity contribution is -0.138. The SMILES string of the molecule is Cc1cc(-c2ccn([C@H]3CN(CC(C)(C)O)C[C@@H]3c3ccccc3C(F)(F)F)n2)ccn1. The number of hydrogen-bond donors (Lipinski definition) is 1. The first-order valence-corrected chi connectivity index (χ1v) is 10.6. The molecule has 2 aromatic heterocycles. The minimum Gasteiger partial charge on any atom is -0.389 e. The van der Waals surface area contributed by atoms with Crippen molar-refractivity contribution >= 4 is 0 Å². The van der Waals surface area contributed by atoms with Crippen LogP contribution in [-0.2, 0) is 6.18 Å². The van der Waals surface area contributed by atoms with Gasteiger partial charge >= 0.3 is 6.18 Å². The maximum atomic E-state index is 13.8. The maximum Gasteiger partial charge on any atom is 0.416 e. The van der Waals surface area contributed by atoms with E-state index in [1.807, 2.05) is 36.2 Å². The molecule has 3 heterocycles. The van der Waals surface area contributed by atoms with Gasteiger partial charge in [-0.3, -0.25) is 14.6 Å². The van der Waals surface area contributed by atoms with E-state index in [1.54, 1.807) is 36.9 Å². The number of pyridine rings is 1. The summed E-state index contributed by atoms with van der Waals surface area (Å²) in [6, 6.07) is 11.1. The third-order valence-corrected chi connectivity index (χ3v) is 5.78. The summed E-state index contributed by atoms with van der Waals surface area (Å²) in [6.07, 6.45) is -0.895. The number of β-amino-alcohol motifs (C(OH)–C–C–N with tert-alkyl or cyclic N) is 1. The summed E-state index contributed by atoms with van der Waals surface area (Å²) < 4.78 is 43.1. The highest BCUT2D eigenvalue weighted by atomic mass is 19.4. The molecule has 1 aliphatic heterocycles. The number of nitrogens with zero attached hydrogens (tertiary/aromatic N) is 4. The molecule has 1 N–H and O–H groups in total. The second kappa shape index (κ2) is 8.33. The summed E-state index contributed by atoms with van der Waals surface area (Å²) >= 11 is 0. The number of aromatic nitrogens is 3. The van der Waals surface area contributed by atoms with Gasteiger partial charge in [0, 0.05) is 49.2 Å². The van der Waals surface area contributed by atoms with Gasteiger partial charge in [0.1, 0.15) is 0 Å². The standard InChI is InChI=1S/C24H27F3N4O/c1-16-12-17(8-10-28-16)21-9-11-31(29-21)22-14-30(15-23(2,3)32)13-19(22)18-6-4-5-7-20(18)24(25,26)27/h4-12,19,22,32H,13-15H2,1-3H3/t19-,22+/m1/s1. The fourth-order valence-corrected chi connectivity index (χ4v) is 4.58. The maximum absolute atomic E-state index is 13.8. The predicted molar refractivity (Wildman–Crippen MR) is 116 cm³/mol. The topological polar surface area (TPSA) is 54.2 Å². The first-order chi connectivity index (χ1) is 15.0. The van der Waals surface area contributed by atoms with Crippen LogP contribution in [0.1, 0.15) is 42.6 Å². The molecule has 0 bridgehead atoms. The highest BCUT2D eigenvalue weighted by Crippen LogP contribution is 2.42. The molecule has 1 aliphatic rings. The van der Waals surface area contributed by atoms with Crippen molar-refractivity contribution in [2.45, 2.75) is 44.5 Å². The minimum absolute atomic E-state index is 0.264. The van der Waals surface area contributed by atoms with Gasteiger partial charge in [-0.1, -0.05) is 18.2 Å². The Morgan fingerprint density at radius 3 is 2.53 bits per heavy atom. The van der Waals surface area contributed by atoms with E-state index in [0.717, 1.165) is 23.0 Å². The number of aliphatic hydroxyl groups is 1. The largest absolute Gasteiger partial charge is 0.416 e. The summed E-state index contributed by atoms with van der Waals surface area (Å²) in [6.45, 7) is 6.58. The molecule has 170 valence electrons. The number of alkyl halides is 3. The third kappa shape index (κ3) is 4.86. The van der Waals surface area contributed by atoms with Crippen molar-refractivity contribution in [2.75, 3.05) is 19.6 Å². The Morgan fingerprint density at radius 2 is 1.84 bits per heavy atom. The van der Waals surface area contributed by atoms with E-state index >= 15 is 0 Å². The van der Waals surface area contributed by atoms with Crippen molar-refractivity contribution in [3.05, 3.63) is 71.7 Å². The smallest absolute Gasteiger partial charge is 0.389 e. The quantitative estimate of drug-likeness (QED) is 0.621. The van der Waals surface area contributed by atoms with Crippen LogP contribution in [-0.4, -0.2) is 50.0 Å². The van der Waals surface area contributed by atoms with Gasteiger partial charge in [-0.05, 0) is 50.6 Å². The summed E-state index contributed by atoms with van der Waals surface area (Å²) in [5.74, 6) is -0.415. The van der Waals surface area contributed by atoms with Crippen molar-refractivity contribution in [1.82, 2.24) is 19.7 Å². The van der Waals surface area contributed by atoms with Crippen LogP contribution in [0.5, 0.6) is 0 Å². The van der Waals surface area contributed by atoms with Crippen LogP contribution in [0.2, 0.25) is 0 Å². The van der Waals surface area contributed by atoms with Crippen LogP contribution < -0.4 is 0 Å². The molecule has 1 aromatic carbocycles. The summed E-state index contributed by atoms with van der Waals surface area (Å²) in [7, 11) is 0. The molecule has 0 amide bonds. The molecule has 1 fully saturated rings. The minimum atomic E-state index is -4.44. The molecule has 0 spiro atoms. The molecule has 2 atom stereocenters. The first-order valence-electron chi connectivity index (χ1n) is 10.6. The molecule has 0 radical (unpaired) electrons. The predicted octanol–water partition coefficient (Wildman–Crippen LogP) is 4.68. The van der Waals surface area contributed by atoms with Crippen molar-refractivity contribution in [2.24, 2.45) is 0 Å². The second-order valence-electron chi connectivity index (χ2n) is 9.13. The zero-order valence-corrected chi connectivity index (χ0v) is 18.3. The van der Waals surface area contributed by atoms with Crippen molar-refractivity contribution in [3.8, 4) is 11.3 Å². The van der Waals surface area contributed by atoms with Crippen molar-refractivity contribution in [3.63, 3.8) is 0 Å². The van der Waals surface area contributed by atoms with Crippen LogP contribution in [0, 0.1) is 6.92 Å². The van der Waals surface area contributed by atoms with E-state index in [4.69, 9.17) is 5.10 Å². The molecular weight excluding hydrogens is 417 g/mol. The Balaban J connectivity index is 1.72. The van der Waals surface area contributed by atoms with Crippen molar-refractivity contribution < 1.29 is 18.3 Å². The molecule has 0 aliphatic carbocycles. The molecule has 32 heavy (non-hydrogen) atoms. The van der Waals surface area contributed by atoms with Gasteiger partial charge in [-0.2, -0.15) is 18.3 Å². The van der Waals surface area contributed by atoms with E-state index in [2.05, 4.69) is 4.98 Å². The second-order valence-corrected chi connectivity index (χ2v) is 9.13. The average molecular weight is 445 g/mol. The van der Waals surface area contributed by atoms with Crippen LogP contribution in [0.25, 0.3) is 11.3 Å². The molecule has 0 unspecified atom stereocenters. The molecular formula is C24H27F3N4O. The van der Waals surface area contributed by atoms with Gasteiger partial charge in [0.15, 0.2) is 0 Å². The molecule has 8 heteroatoms. The lowest BCUT2D eigenvalue weighted by atomic mass is 9.90. The Morgan fingerprint density at radius 1 is 1.09 bits per heavy atom. The van der Waals surface area contributed by atoms with E-state index in [9.17, 15) is 18.3 Å². The third-order valence-electron chi connectivity index (χ3n) is 5.78. The zero-order chi connectivity index (χ0) is 23.1. The summed E-state index contributed by atoms with van der Waals surface area (Å²) in [4.78, 5) is 6.22. The normalized spacial score (nSPS) is 20.1. The number of hydrogen-bond acceptors (Lipinski definition) is 4. The van der Waals surface area contributed by atoms with Crippen LogP contribution in [0.3, 0.4) is 0 Å². The Kier molecular flexibility index (Phi) is 5.85. The lowest BCUT2D eigenvalue weighted by Gasteiger charge is -2.25. The van der Waals surface area contributed by atoms with E-state index in [1.165, 1.54) is 6.07 Å². The van der Waals surface area contributed by atoms with Gasteiger partial charge in [0.25, 0.3) is 0 Å². The number of benzene rings is 1. The first kappa shape index (κ1) is 22.5. The lowest BCUT2D eigenvalue weighted by Crippen LogP contribution is -2.37. The number of halogens is 3. The number of aryl methyl sites for hydroxylation is 1. The zero-order valence-electron chi connectivity index (χ0n) is 18.3. The summed E-state index contributed by atoms with van der Waals surface area (Å²) in [5, 5.41) is 15.0. The van der Waals surface area contributed by atoms with E-state index in [0.29, 0.717) is 19.6 Å². The molecule has 0 saturated carbocycles. The van der Waals surface area contributed by atoms with Crippen molar-refractivity contribution in [1.29, 1.82) is 0 Å². The highest BCUT2D eigenvalue weighted by molar-refractivity contribution is 5.58. The number of rotatable bonds is 5. The van der Waals surface area contributed by atoms with Gasteiger partial charge in [0.2, 0.25) is 0 Å². The fraction of sp³-hybridized carbons (Fsp3) is 0.417. The van der Waals surface area contributed by atoms with Gasteiger partial charge in [0.05, 0.1) is 22.9 Å². The Bertz CT molecular complexity index is 1090. The highest BCUT2D eigenvalue weighted by Gasteiger charge is 2.42. The van der Waals surface area contributed by atoms with E-state index in [-0.39, 0.29) is 11.6 Å². The molecule has 1 saturated heterocycles. The van der Waals surface area contributed by atoms with Gasteiger partial charge < -0.3 is 5.11 Å². The summed E-state index contributed by atoms with van der Waals surface area (Å²) in [5.41, 5.74) is 1.23. The number of likely N-dealkylation sites (tertiary alicyclic amines) is 1. The van der Waals surface area contributed by atoms with Crippen LogP contribution in [0.4, 0.5) is 13.2 Å². The average Bonchev–Trinajstić information content (AvgIpc) is 3.33. The Hall–Kier alpha value is -2.71. The Labute approximate surface area is 185 Å². The van der Waals surface area contributed by atoms with E-state index < -0.39 is 23.3 Å². The fourth-order valence-electron chi connectivity index (χ4n) is 4.58.